The van der Waals surface area contributed by atoms with Gasteiger partial charge in [-0.25, -0.2) is 0 Å². The fraction of sp³-hybridized carbons (Fsp3) is 0.533. The number of nitrogens with one attached hydrogen (secondary N) is 2. The first-order valence-corrected chi connectivity index (χ1v) is 6.93. The van der Waals surface area contributed by atoms with Gasteiger partial charge in [-0.3, -0.25) is 4.79 Å². The summed E-state index contributed by atoms with van der Waals surface area (Å²) < 4.78 is 5.73. The minimum Gasteiger partial charge on any atom is -0.376 e. The lowest BCUT2D eigenvalue weighted by molar-refractivity contribution is 0.0343. The van der Waals surface area contributed by atoms with Crippen molar-refractivity contribution in [3.63, 3.8) is 0 Å². The lowest BCUT2D eigenvalue weighted by atomic mass is 10.1. The normalized spacial score (nSPS) is 16.3. The average molecular weight is 262 g/mol. The van der Waals surface area contributed by atoms with Crippen molar-refractivity contribution in [2.45, 2.75) is 25.9 Å². The molecule has 1 saturated heterocycles. The largest absolute Gasteiger partial charge is 0.376 e. The molecule has 4 nitrogen and oxygen atoms in total. The van der Waals surface area contributed by atoms with Gasteiger partial charge in [-0.2, -0.15) is 0 Å². The Labute approximate surface area is 114 Å². The fourth-order valence-corrected chi connectivity index (χ4v) is 2.16. The van der Waals surface area contributed by atoms with Crippen LogP contribution in [-0.2, 0) is 4.74 Å². The molecule has 2 N–H and O–H groups in total. The van der Waals surface area contributed by atoms with Crippen LogP contribution in [0.3, 0.4) is 0 Å². The quantitative estimate of drug-likeness (QED) is 0.791. The highest BCUT2D eigenvalue weighted by molar-refractivity contribution is 5.94. The average Bonchev–Trinajstić information content (AvgIpc) is 2.45. The summed E-state index contributed by atoms with van der Waals surface area (Å²) in [5.74, 6) is -0.0334. The van der Waals surface area contributed by atoms with Crippen LogP contribution in [0.25, 0.3) is 0 Å². The van der Waals surface area contributed by atoms with Gasteiger partial charge < -0.3 is 15.4 Å². The van der Waals surface area contributed by atoms with Gasteiger partial charge in [-0.05, 0) is 45.0 Å². The molecule has 0 saturated carbocycles. The summed E-state index contributed by atoms with van der Waals surface area (Å²) in [6, 6.07) is 7.58. The van der Waals surface area contributed by atoms with Crippen LogP contribution in [0.5, 0.6) is 0 Å². The number of hydrogen-bond acceptors (Lipinski definition) is 3. The highest BCUT2D eigenvalue weighted by Gasteiger charge is 2.12. The van der Waals surface area contributed by atoms with Crippen molar-refractivity contribution in [2.24, 2.45) is 0 Å². The van der Waals surface area contributed by atoms with Crippen molar-refractivity contribution in [3.05, 3.63) is 35.4 Å². The Bertz CT molecular complexity index is 397. The number of benzene rings is 1. The summed E-state index contributed by atoms with van der Waals surface area (Å²) in [6.45, 7) is 5.22. The van der Waals surface area contributed by atoms with Crippen molar-refractivity contribution in [2.75, 3.05) is 26.2 Å². The highest BCUT2D eigenvalue weighted by Crippen LogP contribution is 2.06. The van der Waals surface area contributed by atoms with Crippen molar-refractivity contribution in [3.8, 4) is 0 Å². The molecule has 0 unspecified atom stereocenters. The number of ether oxygens (including phenoxy) is 1. The maximum atomic E-state index is 11.8. The first-order chi connectivity index (χ1) is 9.25. The van der Waals surface area contributed by atoms with Crippen LogP contribution in [0.4, 0.5) is 0 Å². The molecule has 1 aliphatic heterocycles. The van der Waals surface area contributed by atoms with Gasteiger partial charge in [0.25, 0.3) is 5.91 Å². The second kappa shape index (κ2) is 7.26. The van der Waals surface area contributed by atoms with E-state index in [0.29, 0.717) is 24.8 Å². The summed E-state index contributed by atoms with van der Waals surface area (Å²) in [5.41, 5.74) is 1.86. The lowest BCUT2D eigenvalue weighted by Gasteiger charge is -2.22. The number of carbonyl (C=O) groups is 1. The van der Waals surface area contributed by atoms with E-state index in [1.54, 1.807) is 0 Å². The Kier molecular flexibility index (Phi) is 5.36. The summed E-state index contributed by atoms with van der Waals surface area (Å²) in [5, 5.41) is 6.18. The molecule has 1 fully saturated rings. The smallest absolute Gasteiger partial charge is 0.251 e. The van der Waals surface area contributed by atoms with Crippen molar-refractivity contribution >= 4 is 5.91 Å². The zero-order valence-corrected chi connectivity index (χ0v) is 11.4. The number of carbonyl (C=O) groups excluding carboxylic acids is 1. The molecule has 1 aliphatic rings. The van der Waals surface area contributed by atoms with Crippen LogP contribution in [0, 0.1) is 6.92 Å². The monoisotopic (exact) mass is 262 g/mol. The molecule has 0 spiro atoms. The minimum atomic E-state index is -0.0334. The summed E-state index contributed by atoms with van der Waals surface area (Å²) in [7, 11) is 0. The Morgan fingerprint density at radius 2 is 2.00 bits per heavy atom. The maximum Gasteiger partial charge on any atom is 0.251 e. The third-order valence-corrected chi connectivity index (χ3v) is 3.34. The Hall–Kier alpha value is -1.39. The van der Waals surface area contributed by atoms with E-state index in [0.717, 1.165) is 31.5 Å². The van der Waals surface area contributed by atoms with E-state index in [4.69, 9.17) is 4.74 Å². The highest BCUT2D eigenvalue weighted by atomic mass is 16.5. The molecule has 2 rings (SSSR count). The number of amides is 1. The minimum absolute atomic E-state index is 0.0334. The number of aryl methyl sites for hydroxylation is 1. The summed E-state index contributed by atoms with van der Waals surface area (Å²) >= 11 is 0. The topological polar surface area (TPSA) is 50.4 Å². The molecule has 1 amide bonds. The van der Waals surface area contributed by atoms with E-state index in [-0.39, 0.29) is 5.91 Å². The second-order valence-corrected chi connectivity index (χ2v) is 4.94. The van der Waals surface area contributed by atoms with Gasteiger partial charge in [0.2, 0.25) is 0 Å². The van der Waals surface area contributed by atoms with Crippen LogP contribution in [0.2, 0.25) is 0 Å². The van der Waals surface area contributed by atoms with E-state index >= 15 is 0 Å². The summed E-state index contributed by atoms with van der Waals surface area (Å²) in [6.07, 6.45) is 2.47. The molecule has 0 aliphatic carbocycles. The molecule has 1 aromatic carbocycles. The Morgan fingerprint density at radius 1 is 1.32 bits per heavy atom. The standard InChI is InChI=1S/C15H22N2O2/c1-12-2-4-13(5-3-12)15(18)17-10-11-19-14-6-8-16-9-7-14/h2-5,14,16H,6-11H2,1H3,(H,17,18). The predicted octanol–water partition coefficient (Wildman–Crippen LogP) is 1.49. The van der Waals surface area contributed by atoms with Crippen LogP contribution in [0.1, 0.15) is 28.8 Å². The van der Waals surface area contributed by atoms with Gasteiger partial charge in [0.1, 0.15) is 0 Å². The van der Waals surface area contributed by atoms with Crippen LogP contribution in [0.15, 0.2) is 24.3 Å². The van der Waals surface area contributed by atoms with E-state index in [2.05, 4.69) is 10.6 Å². The maximum absolute atomic E-state index is 11.8. The lowest BCUT2D eigenvalue weighted by Crippen LogP contribution is -2.34. The van der Waals surface area contributed by atoms with E-state index < -0.39 is 0 Å². The molecule has 4 heteroatoms. The summed E-state index contributed by atoms with van der Waals surface area (Å²) in [4.78, 5) is 11.8. The molecule has 1 aromatic rings. The van der Waals surface area contributed by atoms with Gasteiger partial charge in [0.15, 0.2) is 0 Å². The molecule has 0 aromatic heterocycles. The van der Waals surface area contributed by atoms with Gasteiger partial charge in [0.05, 0.1) is 12.7 Å². The Balaban J connectivity index is 1.64. The van der Waals surface area contributed by atoms with Crippen LogP contribution >= 0.6 is 0 Å². The van der Waals surface area contributed by atoms with E-state index in [1.807, 2.05) is 31.2 Å². The molecule has 0 radical (unpaired) electrons. The molecule has 19 heavy (non-hydrogen) atoms. The fourth-order valence-electron chi connectivity index (χ4n) is 2.16. The van der Waals surface area contributed by atoms with Crippen molar-refractivity contribution in [1.82, 2.24) is 10.6 Å². The van der Waals surface area contributed by atoms with Gasteiger partial charge in [-0.1, -0.05) is 17.7 Å². The molecule has 0 atom stereocenters. The van der Waals surface area contributed by atoms with Crippen molar-refractivity contribution < 1.29 is 9.53 Å². The Morgan fingerprint density at radius 3 is 2.68 bits per heavy atom. The van der Waals surface area contributed by atoms with E-state index in [9.17, 15) is 4.79 Å². The molecule has 0 bridgehead atoms. The number of hydrogen-bond donors (Lipinski definition) is 2. The van der Waals surface area contributed by atoms with Gasteiger partial charge in [-0.15, -0.1) is 0 Å². The van der Waals surface area contributed by atoms with E-state index in [1.165, 1.54) is 0 Å². The van der Waals surface area contributed by atoms with Crippen molar-refractivity contribution in [1.29, 1.82) is 0 Å². The van der Waals surface area contributed by atoms with Gasteiger partial charge in [0, 0.05) is 12.1 Å². The van der Waals surface area contributed by atoms with Gasteiger partial charge >= 0.3 is 0 Å². The zero-order valence-electron chi connectivity index (χ0n) is 11.4. The number of rotatable bonds is 5. The van der Waals surface area contributed by atoms with Crippen LogP contribution < -0.4 is 10.6 Å². The number of piperidine rings is 1. The second-order valence-electron chi connectivity index (χ2n) is 4.94. The third kappa shape index (κ3) is 4.65. The molecular formula is C15H22N2O2. The predicted molar refractivity (Wildman–Crippen MR) is 75.4 cm³/mol. The molecule has 1 heterocycles. The SMILES string of the molecule is Cc1ccc(C(=O)NCCOC2CCNCC2)cc1. The first kappa shape index (κ1) is 14.0. The van der Waals surface area contributed by atoms with Crippen LogP contribution in [-0.4, -0.2) is 38.3 Å². The third-order valence-electron chi connectivity index (χ3n) is 3.34. The zero-order chi connectivity index (χ0) is 13.5. The first-order valence-electron chi connectivity index (χ1n) is 6.93. The molecule has 104 valence electrons. The molecular weight excluding hydrogens is 240 g/mol.